The van der Waals surface area contributed by atoms with E-state index in [1.807, 2.05) is 6.20 Å². The number of hydrogen-bond donors (Lipinski definition) is 1. The molecule has 6 nitrogen and oxygen atoms in total. The summed E-state index contributed by atoms with van der Waals surface area (Å²) in [6.45, 7) is 3.41. The number of nitrogens with one attached hydrogen (secondary N) is 1. The van der Waals surface area contributed by atoms with Crippen molar-refractivity contribution in [2.45, 2.75) is 30.8 Å². The van der Waals surface area contributed by atoms with Crippen molar-refractivity contribution in [1.82, 2.24) is 19.9 Å². The Morgan fingerprint density at radius 2 is 1.93 bits per heavy atom. The lowest BCUT2D eigenvalue weighted by atomic mass is 9.75. The van der Waals surface area contributed by atoms with E-state index in [9.17, 15) is 0 Å². The van der Waals surface area contributed by atoms with E-state index in [-0.39, 0.29) is 0 Å². The summed E-state index contributed by atoms with van der Waals surface area (Å²) >= 11 is 0. The molecule has 144 valence electrons. The summed E-state index contributed by atoms with van der Waals surface area (Å²) < 4.78 is 5.75. The highest BCUT2D eigenvalue weighted by molar-refractivity contribution is 5.87. The Hall–Kier alpha value is -2.60. The predicted molar refractivity (Wildman–Crippen MR) is 109 cm³/mol. The molecule has 6 heteroatoms. The van der Waals surface area contributed by atoms with Gasteiger partial charge in [0.05, 0.1) is 12.5 Å². The Bertz CT molecular complexity index is 1010. The molecule has 7 rings (SSSR count). The van der Waals surface area contributed by atoms with Gasteiger partial charge in [0, 0.05) is 36.3 Å². The van der Waals surface area contributed by atoms with Crippen LogP contribution in [0.5, 0.6) is 5.75 Å². The van der Waals surface area contributed by atoms with E-state index >= 15 is 0 Å². The molecule has 3 aromatic rings. The number of nitrogens with zero attached hydrogens (tertiary/aromatic N) is 4. The van der Waals surface area contributed by atoms with Gasteiger partial charge in [0.2, 0.25) is 0 Å². The molecule has 2 bridgehead atoms. The molecule has 4 fully saturated rings. The molecule has 0 aliphatic carbocycles. The largest absolute Gasteiger partial charge is 0.496 e. The van der Waals surface area contributed by atoms with Gasteiger partial charge in [-0.25, -0.2) is 9.97 Å². The molecule has 4 aliphatic rings. The summed E-state index contributed by atoms with van der Waals surface area (Å²) in [5.74, 6) is 3.24. The van der Waals surface area contributed by atoms with E-state index in [0.717, 1.165) is 35.1 Å². The highest BCUT2D eigenvalue weighted by atomic mass is 16.5. The van der Waals surface area contributed by atoms with Crippen LogP contribution in [0.4, 0.5) is 5.82 Å². The SMILES string of the molecule is COc1ccccc1[C@@H]1CN(c2ncnc3[nH]ccc23)[C@@H]2C3CCN(CC3)[C@@H]21. The molecule has 0 amide bonds. The highest BCUT2D eigenvalue weighted by Crippen LogP contribution is 2.49. The topological polar surface area (TPSA) is 57.3 Å². The zero-order valence-electron chi connectivity index (χ0n) is 16.1. The van der Waals surface area contributed by atoms with E-state index in [1.165, 1.54) is 31.5 Å². The van der Waals surface area contributed by atoms with Crippen LogP contribution in [-0.4, -0.2) is 58.7 Å². The molecule has 3 atom stereocenters. The first kappa shape index (κ1) is 16.4. The lowest BCUT2D eigenvalue weighted by molar-refractivity contribution is 0.0352. The van der Waals surface area contributed by atoms with Gasteiger partial charge >= 0.3 is 0 Å². The zero-order chi connectivity index (χ0) is 18.7. The van der Waals surface area contributed by atoms with Crippen LogP contribution in [0.25, 0.3) is 11.0 Å². The number of fused-ring (bicyclic) bond motifs is 3. The molecule has 2 aromatic heterocycles. The smallest absolute Gasteiger partial charge is 0.142 e. The zero-order valence-corrected chi connectivity index (χ0v) is 16.1. The van der Waals surface area contributed by atoms with Crippen molar-refractivity contribution in [3.8, 4) is 5.75 Å². The lowest BCUT2D eigenvalue weighted by Crippen LogP contribution is -2.60. The number of piperidine rings is 3. The predicted octanol–water partition coefficient (Wildman–Crippen LogP) is 3.03. The first-order chi connectivity index (χ1) is 13.8. The van der Waals surface area contributed by atoms with Crippen LogP contribution in [0.15, 0.2) is 42.9 Å². The van der Waals surface area contributed by atoms with Gasteiger partial charge in [0.15, 0.2) is 0 Å². The van der Waals surface area contributed by atoms with E-state index in [4.69, 9.17) is 9.72 Å². The number of methoxy groups -OCH3 is 1. The summed E-state index contributed by atoms with van der Waals surface area (Å²) in [6, 6.07) is 11.7. The summed E-state index contributed by atoms with van der Waals surface area (Å²) in [4.78, 5) is 17.7. The molecular formula is C22H25N5O. The standard InChI is InChI=1S/C22H25N5O/c1-28-18-5-3-2-4-15(18)17-12-27(19-14-7-10-26(11-8-14)20(17)19)22-16-6-9-23-21(16)24-13-25-22/h2-6,9,13-14,17,19-20H,7-8,10-12H2,1H3,(H,23,24,25)/t17-,19+,20+/m0/s1. The Balaban J connectivity index is 1.49. The molecule has 0 spiro atoms. The molecule has 1 N–H and O–H groups in total. The molecular weight excluding hydrogens is 350 g/mol. The van der Waals surface area contributed by atoms with Gasteiger partial charge in [-0.05, 0) is 44.0 Å². The van der Waals surface area contributed by atoms with Crippen LogP contribution in [0.1, 0.15) is 24.3 Å². The third kappa shape index (κ3) is 2.24. The number of rotatable bonds is 3. The minimum Gasteiger partial charge on any atom is -0.496 e. The molecule has 4 aliphatic heterocycles. The van der Waals surface area contributed by atoms with Crippen LogP contribution >= 0.6 is 0 Å². The Morgan fingerprint density at radius 3 is 2.79 bits per heavy atom. The Kier molecular flexibility index (Phi) is 3.63. The summed E-state index contributed by atoms with van der Waals surface area (Å²) in [7, 11) is 1.78. The van der Waals surface area contributed by atoms with E-state index < -0.39 is 0 Å². The number of anilines is 1. The first-order valence-electron chi connectivity index (χ1n) is 10.3. The fourth-order valence-electron chi connectivity index (χ4n) is 6.00. The van der Waals surface area contributed by atoms with Crippen molar-refractivity contribution in [2.24, 2.45) is 5.92 Å². The summed E-state index contributed by atoms with van der Waals surface area (Å²) in [6.07, 6.45) is 6.24. The molecule has 4 saturated heterocycles. The van der Waals surface area contributed by atoms with Gasteiger partial charge in [-0.1, -0.05) is 18.2 Å². The van der Waals surface area contributed by atoms with E-state index in [0.29, 0.717) is 18.0 Å². The average Bonchev–Trinajstić information content (AvgIpc) is 3.40. The van der Waals surface area contributed by atoms with Gasteiger partial charge in [-0.2, -0.15) is 0 Å². The molecule has 0 radical (unpaired) electrons. The fraction of sp³-hybridized carbons (Fsp3) is 0.455. The molecule has 0 saturated carbocycles. The second-order valence-corrected chi connectivity index (χ2v) is 8.29. The Morgan fingerprint density at radius 1 is 1.07 bits per heavy atom. The lowest BCUT2D eigenvalue weighted by Gasteiger charge is -2.51. The maximum atomic E-state index is 5.75. The number of H-pyrrole nitrogens is 1. The van der Waals surface area contributed by atoms with Gasteiger partial charge in [-0.15, -0.1) is 0 Å². The van der Waals surface area contributed by atoms with Crippen LogP contribution in [0.3, 0.4) is 0 Å². The number of hydrogen-bond acceptors (Lipinski definition) is 5. The van der Waals surface area contributed by atoms with Gasteiger partial charge in [-0.3, -0.25) is 4.90 Å². The van der Waals surface area contributed by atoms with Gasteiger partial charge in [0.25, 0.3) is 0 Å². The highest BCUT2D eigenvalue weighted by Gasteiger charge is 2.54. The number of para-hydroxylation sites is 1. The summed E-state index contributed by atoms with van der Waals surface area (Å²) in [5, 5.41) is 1.12. The average molecular weight is 375 g/mol. The first-order valence-corrected chi connectivity index (χ1v) is 10.3. The second kappa shape index (κ2) is 6.21. The van der Waals surface area contributed by atoms with Crippen molar-refractivity contribution in [3.05, 3.63) is 48.4 Å². The monoisotopic (exact) mass is 375 g/mol. The maximum Gasteiger partial charge on any atom is 0.142 e. The van der Waals surface area contributed by atoms with Gasteiger partial charge in [0.1, 0.15) is 23.5 Å². The van der Waals surface area contributed by atoms with Crippen LogP contribution in [0.2, 0.25) is 0 Å². The van der Waals surface area contributed by atoms with Crippen molar-refractivity contribution < 1.29 is 4.74 Å². The normalized spacial score (nSPS) is 31.3. The second-order valence-electron chi connectivity index (χ2n) is 8.29. The fourth-order valence-corrected chi connectivity index (χ4v) is 6.00. The number of ether oxygens (including phenoxy) is 1. The quantitative estimate of drug-likeness (QED) is 0.763. The van der Waals surface area contributed by atoms with Crippen molar-refractivity contribution in [3.63, 3.8) is 0 Å². The number of aromatic amines is 1. The third-order valence-corrected chi connectivity index (χ3v) is 7.14. The van der Waals surface area contributed by atoms with Crippen LogP contribution in [-0.2, 0) is 0 Å². The van der Waals surface area contributed by atoms with E-state index in [1.54, 1.807) is 13.4 Å². The van der Waals surface area contributed by atoms with E-state index in [2.05, 4.69) is 50.1 Å². The van der Waals surface area contributed by atoms with Crippen LogP contribution < -0.4 is 9.64 Å². The maximum absolute atomic E-state index is 5.75. The van der Waals surface area contributed by atoms with Gasteiger partial charge < -0.3 is 14.6 Å². The molecule has 0 unspecified atom stereocenters. The van der Waals surface area contributed by atoms with Crippen molar-refractivity contribution >= 4 is 16.9 Å². The summed E-state index contributed by atoms with van der Waals surface area (Å²) in [5.41, 5.74) is 2.25. The van der Waals surface area contributed by atoms with Crippen LogP contribution in [0, 0.1) is 5.92 Å². The molecule has 1 aromatic carbocycles. The number of aromatic nitrogens is 3. The number of benzene rings is 1. The third-order valence-electron chi connectivity index (χ3n) is 7.14. The van der Waals surface area contributed by atoms with Crippen molar-refractivity contribution in [1.29, 1.82) is 0 Å². The Labute approximate surface area is 164 Å². The minimum atomic E-state index is 0.424. The molecule has 28 heavy (non-hydrogen) atoms. The van der Waals surface area contributed by atoms with Crippen molar-refractivity contribution in [2.75, 3.05) is 31.6 Å². The minimum absolute atomic E-state index is 0.424. The molecule has 6 heterocycles.